The van der Waals surface area contributed by atoms with Crippen molar-refractivity contribution in [3.8, 4) is 5.75 Å². The van der Waals surface area contributed by atoms with Gasteiger partial charge >= 0.3 is 12.1 Å². The zero-order valence-electron chi connectivity index (χ0n) is 12.0. The zero-order valence-corrected chi connectivity index (χ0v) is 12.0. The van der Waals surface area contributed by atoms with E-state index in [1.54, 1.807) is 24.4 Å². The largest absolute Gasteiger partial charge is 0.483 e. The lowest BCUT2D eigenvalue weighted by atomic mass is 10.1. The van der Waals surface area contributed by atoms with Crippen molar-refractivity contribution in [1.82, 2.24) is 5.32 Å². The molecule has 1 amide bonds. The number of hydrogen-bond acceptors (Lipinski definition) is 3. The second kappa shape index (κ2) is 7.15. The van der Waals surface area contributed by atoms with Crippen LogP contribution in [-0.4, -0.2) is 35.8 Å². The van der Waals surface area contributed by atoms with E-state index in [-0.39, 0.29) is 0 Å². The minimum atomic E-state index is -4.69. The molecule has 0 spiro atoms. The Morgan fingerprint density at radius 2 is 1.95 bits per heavy atom. The van der Waals surface area contributed by atoms with Gasteiger partial charge in [-0.2, -0.15) is 13.2 Å². The Kier molecular flexibility index (Phi) is 5.78. The molecule has 0 saturated heterocycles. The third kappa shape index (κ3) is 6.02. The highest BCUT2D eigenvalue weighted by molar-refractivity contribution is 5.84. The maximum atomic E-state index is 12.2. The van der Waals surface area contributed by atoms with Gasteiger partial charge < -0.3 is 15.2 Å². The maximum absolute atomic E-state index is 12.2. The number of halogens is 3. The monoisotopic (exact) mass is 319 g/mol. The lowest BCUT2D eigenvalue weighted by Crippen LogP contribution is -2.45. The van der Waals surface area contributed by atoms with E-state index in [0.717, 1.165) is 11.1 Å². The van der Waals surface area contributed by atoms with Crippen LogP contribution < -0.4 is 10.1 Å². The summed E-state index contributed by atoms with van der Waals surface area (Å²) in [6.45, 7) is 3.00. The van der Waals surface area contributed by atoms with Gasteiger partial charge in [-0.3, -0.25) is 4.79 Å². The fourth-order valence-electron chi connectivity index (χ4n) is 1.67. The highest BCUT2D eigenvalue weighted by Gasteiger charge is 2.36. The number of aryl methyl sites for hydroxylation is 2. The first-order valence-electron chi connectivity index (χ1n) is 6.37. The Morgan fingerprint density at radius 3 is 2.50 bits per heavy atom. The van der Waals surface area contributed by atoms with Crippen LogP contribution in [-0.2, 0) is 9.59 Å². The summed E-state index contributed by atoms with van der Waals surface area (Å²) in [6.07, 6.45) is -6.33. The van der Waals surface area contributed by atoms with Crippen LogP contribution in [0.3, 0.4) is 0 Å². The number of ether oxygens (including phenoxy) is 1. The van der Waals surface area contributed by atoms with Gasteiger partial charge in [0.15, 0.2) is 6.61 Å². The third-order valence-corrected chi connectivity index (χ3v) is 2.77. The Morgan fingerprint density at radius 1 is 1.32 bits per heavy atom. The van der Waals surface area contributed by atoms with E-state index in [0.29, 0.717) is 5.75 Å². The van der Waals surface area contributed by atoms with Crippen LogP contribution in [0.1, 0.15) is 17.5 Å². The van der Waals surface area contributed by atoms with Crippen LogP contribution in [0, 0.1) is 13.8 Å². The van der Waals surface area contributed by atoms with Crippen molar-refractivity contribution in [3.05, 3.63) is 29.3 Å². The van der Waals surface area contributed by atoms with E-state index in [1.165, 1.54) is 0 Å². The number of carbonyl (C=O) groups excluding carboxylic acids is 1. The van der Waals surface area contributed by atoms with Crippen LogP contribution >= 0.6 is 0 Å². The number of carboxylic acid groups (broad SMARTS) is 1. The summed E-state index contributed by atoms with van der Waals surface area (Å²) in [5, 5.41) is 10.5. The number of nitrogens with one attached hydrogen (secondary N) is 1. The molecule has 0 aliphatic heterocycles. The van der Waals surface area contributed by atoms with E-state index in [2.05, 4.69) is 0 Å². The molecule has 122 valence electrons. The molecule has 1 aromatic rings. The molecule has 0 fully saturated rings. The van der Waals surface area contributed by atoms with E-state index >= 15 is 0 Å². The second-order valence-electron chi connectivity index (χ2n) is 4.84. The summed E-state index contributed by atoms with van der Waals surface area (Å²) in [6, 6.07) is 3.25. The molecule has 2 N–H and O–H groups in total. The molecule has 0 radical (unpaired) electrons. The Hall–Kier alpha value is -2.25. The van der Waals surface area contributed by atoms with Crippen molar-refractivity contribution in [2.45, 2.75) is 32.5 Å². The number of carbonyl (C=O) groups is 2. The molecule has 1 atom stereocenters. The van der Waals surface area contributed by atoms with E-state index < -0.39 is 37.1 Å². The molecule has 0 aromatic heterocycles. The first-order chi connectivity index (χ1) is 10.1. The van der Waals surface area contributed by atoms with E-state index in [1.807, 2.05) is 13.0 Å². The average molecular weight is 319 g/mol. The van der Waals surface area contributed by atoms with E-state index in [4.69, 9.17) is 9.84 Å². The lowest BCUT2D eigenvalue weighted by Gasteiger charge is -2.17. The summed E-state index contributed by atoms with van der Waals surface area (Å²) < 4.78 is 41.9. The standard InChI is InChI=1S/C14H16F3NO4/c1-8-3-4-9(2)11(5-8)22-7-12(19)18-10(13(20)21)6-14(15,16)17/h3-5,10H,6-7H2,1-2H3,(H,18,19)(H,20,21). The quantitative estimate of drug-likeness (QED) is 0.843. The highest BCUT2D eigenvalue weighted by atomic mass is 19.4. The molecule has 0 saturated carbocycles. The molecule has 1 unspecified atom stereocenters. The maximum Gasteiger partial charge on any atom is 0.391 e. The van der Waals surface area contributed by atoms with Crippen LogP contribution in [0.2, 0.25) is 0 Å². The Bertz CT molecular complexity index is 558. The van der Waals surface area contributed by atoms with Gasteiger partial charge in [0, 0.05) is 0 Å². The Balaban J connectivity index is 2.61. The third-order valence-electron chi connectivity index (χ3n) is 2.77. The van der Waals surface area contributed by atoms with Crippen molar-refractivity contribution in [2.24, 2.45) is 0 Å². The van der Waals surface area contributed by atoms with Gasteiger partial charge in [0.2, 0.25) is 0 Å². The molecule has 22 heavy (non-hydrogen) atoms. The number of rotatable bonds is 6. The van der Waals surface area contributed by atoms with Gasteiger partial charge in [-0.15, -0.1) is 0 Å². The van der Waals surface area contributed by atoms with Crippen molar-refractivity contribution in [1.29, 1.82) is 0 Å². The lowest BCUT2D eigenvalue weighted by molar-refractivity contribution is -0.160. The number of alkyl halides is 3. The molecule has 0 aliphatic rings. The fraction of sp³-hybridized carbons (Fsp3) is 0.429. The molecular weight excluding hydrogens is 303 g/mol. The number of amides is 1. The van der Waals surface area contributed by atoms with Gasteiger partial charge in [-0.1, -0.05) is 12.1 Å². The van der Waals surface area contributed by atoms with Gasteiger partial charge in [0.05, 0.1) is 6.42 Å². The summed E-state index contributed by atoms with van der Waals surface area (Å²) in [4.78, 5) is 22.3. The summed E-state index contributed by atoms with van der Waals surface area (Å²) in [5.41, 5.74) is 1.64. The van der Waals surface area contributed by atoms with Gasteiger partial charge in [-0.05, 0) is 31.0 Å². The van der Waals surface area contributed by atoms with Gasteiger partial charge in [0.1, 0.15) is 11.8 Å². The van der Waals surface area contributed by atoms with Crippen molar-refractivity contribution in [3.63, 3.8) is 0 Å². The molecule has 5 nitrogen and oxygen atoms in total. The van der Waals surface area contributed by atoms with E-state index in [9.17, 15) is 22.8 Å². The predicted molar refractivity (Wildman–Crippen MR) is 71.6 cm³/mol. The minimum Gasteiger partial charge on any atom is -0.483 e. The highest BCUT2D eigenvalue weighted by Crippen LogP contribution is 2.22. The van der Waals surface area contributed by atoms with Crippen LogP contribution in [0.5, 0.6) is 5.75 Å². The minimum absolute atomic E-state index is 0.415. The first-order valence-corrected chi connectivity index (χ1v) is 6.37. The van der Waals surface area contributed by atoms with Crippen LogP contribution in [0.4, 0.5) is 13.2 Å². The molecule has 8 heteroatoms. The van der Waals surface area contributed by atoms with Crippen molar-refractivity contribution >= 4 is 11.9 Å². The van der Waals surface area contributed by atoms with Crippen LogP contribution in [0.15, 0.2) is 18.2 Å². The average Bonchev–Trinajstić information content (AvgIpc) is 2.37. The smallest absolute Gasteiger partial charge is 0.391 e. The zero-order chi connectivity index (χ0) is 16.9. The number of benzene rings is 1. The Labute approximate surface area is 125 Å². The van der Waals surface area contributed by atoms with Crippen LogP contribution in [0.25, 0.3) is 0 Å². The second-order valence-corrected chi connectivity index (χ2v) is 4.84. The molecule has 0 heterocycles. The molecule has 0 bridgehead atoms. The summed E-state index contributed by atoms with van der Waals surface area (Å²) in [7, 11) is 0. The topological polar surface area (TPSA) is 75.6 Å². The molecule has 0 aliphatic carbocycles. The summed E-state index contributed by atoms with van der Waals surface area (Å²) in [5.74, 6) is -2.27. The molecule has 1 rings (SSSR count). The molecular formula is C14H16F3NO4. The van der Waals surface area contributed by atoms with Crippen molar-refractivity contribution < 1.29 is 32.6 Å². The number of hydrogen-bond donors (Lipinski definition) is 2. The number of aliphatic carboxylic acids is 1. The number of carboxylic acids is 1. The fourth-order valence-corrected chi connectivity index (χ4v) is 1.67. The SMILES string of the molecule is Cc1ccc(C)c(OCC(=O)NC(CC(F)(F)F)C(=O)O)c1. The first kappa shape index (κ1) is 17.8. The van der Waals surface area contributed by atoms with Crippen molar-refractivity contribution in [2.75, 3.05) is 6.61 Å². The van der Waals surface area contributed by atoms with Gasteiger partial charge in [-0.25, -0.2) is 4.79 Å². The normalized spacial score (nSPS) is 12.6. The predicted octanol–water partition coefficient (Wildman–Crippen LogP) is 2.20. The summed E-state index contributed by atoms with van der Waals surface area (Å²) >= 11 is 0. The van der Waals surface area contributed by atoms with Gasteiger partial charge in [0.25, 0.3) is 5.91 Å². The molecule has 1 aromatic carbocycles.